The Bertz CT molecular complexity index is 619. The Morgan fingerprint density at radius 1 is 0.917 bits per heavy atom. The highest BCUT2D eigenvalue weighted by Gasteiger charge is 2.06. The van der Waals surface area contributed by atoms with E-state index < -0.39 is 0 Å². The van der Waals surface area contributed by atoms with Gasteiger partial charge in [-0.05, 0) is 49.3 Å². The number of unbranched alkanes of at least 4 members (excludes halogenated alkanes) is 3. The average Bonchev–Trinajstić information content (AvgIpc) is 2.58. The van der Waals surface area contributed by atoms with Crippen molar-refractivity contribution in [3.63, 3.8) is 0 Å². The van der Waals surface area contributed by atoms with Crippen molar-refractivity contribution in [3.8, 4) is 11.1 Å². The lowest BCUT2D eigenvalue weighted by molar-refractivity contribution is -0.145. The fourth-order valence-electron chi connectivity index (χ4n) is 3.08. The van der Waals surface area contributed by atoms with Gasteiger partial charge >= 0.3 is 5.97 Å². The molecule has 0 saturated heterocycles. The third-order valence-electron chi connectivity index (χ3n) is 4.28. The predicted molar refractivity (Wildman–Crippen MR) is 99.9 cm³/mol. The van der Waals surface area contributed by atoms with E-state index in [0.29, 0.717) is 0 Å². The third kappa shape index (κ3) is 6.19. The van der Waals surface area contributed by atoms with Crippen LogP contribution in [0.3, 0.4) is 0 Å². The summed E-state index contributed by atoms with van der Waals surface area (Å²) in [6.45, 7) is 3.44. The molecule has 0 bridgehead atoms. The van der Waals surface area contributed by atoms with Gasteiger partial charge in [0.15, 0.2) is 0 Å². The summed E-state index contributed by atoms with van der Waals surface area (Å²) in [4.78, 5) is 10.9. The molecule has 0 aliphatic heterocycles. The van der Waals surface area contributed by atoms with Crippen LogP contribution in [0.15, 0.2) is 54.6 Å². The van der Waals surface area contributed by atoms with Crippen molar-refractivity contribution in [2.24, 2.45) is 0 Å². The van der Waals surface area contributed by atoms with E-state index in [1.54, 1.807) is 0 Å². The molecule has 0 aliphatic carbocycles. The molecule has 1 unspecified atom stereocenters. The summed E-state index contributed by atoms with van der Waals surface area (Å²) in [7, 11) is 0. The Labute approximate surface area is 145 Å². The molecule has 128 valence electrons. The van der Waals surface area contributed by atoms with Crippen LogP contribution >= 0.6 is 0 Å². The van der Waals surface area contributed by atoms with Gasteiger partial charge < -0.3 is 4.74 Å². The maximum atomic E-state index is 10.9. The van der Waals surface area contributed by atoms with E-state index >= 15 is 0 Å². The SMILES string of the molecule is CC(=O)OC(C)CCCCCCc1ccccc1-c1ccccc1. The van der Waals surface area contributed by atoms with Gasteiger partial charge in [0.05, 0.1) is 6.10 Å². The van der Waals surface area contributed by atoms with Crippen LogP contribution in [0.4, 0.5) is 0 Å². The van der Waals surface area contributed by atoms with Crippen LogP contribution in [0.1, 0.15) is 51.5 Å². The summed E-state index contributed by atoms with van der Waals surface area (Å²) in [6, 6.07) is 19.3. The van der Waals surface area contributed by atoms with E-state index in [1.165, 1.54) is 42.9 Å². The van der Waals surface area contributed by atoms with Gasteiger partial charge in [-0.15, -0.1) is 0 Å². The van der Waals surface area contributed by atoms with Crippen molar-refractivity contribution in [1.29, 1.82) is 0 Å². The number of carbonyl (C=O) groups is 1. The number of hydrogen-bond acceptors (Lipinski definition) is 2. The van der Waals surface area contributed by atoms with E-state index in [2.05, 4.69) is 54.6 Å². The summed E-state index contributed by atoms with van der Waals surface area (Å²) < 4.78 is 5.15. The maximum Gasteiger partial charge on any atom is 0.302 e. The first-order valence-corrected chi connectivity index (χ1v) is 8.97. The standard InChI is InChI=1S/C22H28O2/c1-18(24-19(2)23)12-6-3-4-7-13-21-16-10-11-17-22(21)20-14-8-5-9-15-20/h5,8-11,14-18H,3-4,6-7,12-13H2,1-2H3. The Morgan fingerprint density at radius 3 is 2.33 bits per heavy atom. The summed E-state index contributed by atoms with van der Waals surface area (Å²) in [5, 5.41) is 0. The molecular weight excluding hydrogens is 296 g/mol. The van der Waals surface area contributed by atoms with Gasteiger partial charge in [-0.3, -0.25) is 4.79 Å². The zero-order chi connectivity index (χ0) is 17.2. The largest absolute Gasteiger partial charge is 0.463 e. The molecule has 0 N–H and O–H groups in total. The molecule has 0 fully saturated rings. The Morgan fingerprint density at radius 2 is 1.58 bits per heavy atom. The number of hydrogen-bond donors (Lipinski definition) is 0. The van der Waals surface area contributed by atoms with Gasteiger partial charge in [0.2, 0.25) is 0 Å². The van der Waals surface area contributed by atoms with Crippen LogP contribution in [0.25, 0.3) is 11.1 Å². The average molecular weight is 324 g/mol. The van der Waals surface area contributed by atoms with Crippen molar-refractivity contribution >= 4 is 5.97 Å². The number of ether oxygens (including phenoxy) is 1. The smallest absolute Gasteiger partial charge is 0.302 e. The van der Waals surface area contributed by atoms with Gasteiger partial charge in [-0.2, -0.15) is 0 Å². The molecule has 2 nitrogen and oxygen atoms in total. The summed E-state index contributed by atoms with van der Waals surface area (Å²) in [5.74, 6) is -0.181. The highest BCUT2D eigenvalue weighted by atomic mass is 16.5. The Hall–Kier alpha value is -2.09. The molecule has 0 amide bonds. The summed E-state index contributed by atoms with van der Waals surface area (Å²) in [5.41, 5.74) is 4.07. The topological polar surface area (TPSA) is 26.3 Å². The van der Waals surface area contributed by atoms with Crippen LogP contribution in [0.5, 0.6) is 0 Å². The Kier molecular flexibility index (Phi) is 7.54. The zero-order valence-electron chi connectivity index (χ0n) is 14.8. The molecule has 2 aromatic rings. The van der Waals surface area contributed by atoms with E-state index in [9.17, 15) is 4.79 Å². The van der Waals surface area contributed by atoms with Gasteiger partial charge in [0.25, 0.3) is 0 Å². The fourth-order valence-corrected chi connectivity index (χ4v) is 3.08. The molecule has 0 spiro atoms. The van der Waals surface area contributed by atoms with Crippen LogP contribution in [-0.2, 0) is 16.0 Å². The molecule has 0 heterocycles. The normalized spacial score (nSPS) is 11.9. The van der Waals surface area contributed by atoms with Gasteiger partial charge in [-0.1, -0.05) is 67.4 Å². The summed E-state index contributed by atoms with van der Waals surface area (Å²) in [6.07, 6.45) is 6.85. The van der Waals surface area contributed by atoms with Crippen LogP contribution in [0, 0.1) is 0 Å². The maximum absolute atomic E-state index is 10.9. The van der Waals surface area contributed by atoms with E-state index in [-0.39, 0.29) is 12.1 Å². The lowest BCUT2D eigenvalue weighted by atomic mass is 9.95. The van der Waals surface area contributed by atoms with Gasteiger partial charge in [0, 0.05) is 6.92 Å². The van der Waals surface area contributed by atoms with Crippen molar-refractivity contribution in [2.75, 3.05) is 0 Å². The van der Waals surface area contributed by atoms with Crippen molar-refractivity contribution in [3.05, 3.63) is 60.2 Å². The number of carbonyl (C=O) groups excluding carboxylic acids is 1. The second-order valence-electron chi connectivity index (χ2n) is 6.40. The van der Waals surface area contributed by atoms with E-state index in [1.807, 2.05) is 6.92 Å². The molecule has 0 aliphatic rings. The molecule has 0 radical (unpaired) electrons. The Balaban J connectivity index is 1.75. The quantitative estimate of drug-likeness (QED) is 0.430. The highest BCUT2D eigenvalue weighted by Crippen LogP contribution is 2.25. The molecule has 0 saturated carbocycles. The zero-order valence-corrected chi connectivity index (χ0v) is 14.8. The molecule has 0 aromatic heterocycles. The number of rotatable bonds is 9. The molecule has 24 heavy (non-hydrogen) atoms. The molecule has 2 heteroatoms. The minimum atomic E-state index is -0.181. The molecule has 1 atom stereocenters. The highest BCUT2D eigenvalue weighted by molar-refractivity contribution is 5.67. The first kappa shape index (κ1) is 18.3. The molecular formula is C22H28O2. The lowest BCUT2D eigenvalue weighted by Crippen LogP contribution is -2.11. The second kappa shape index (κ2) is 9.92. The van der Waals surface area contributed by atoms with Crippen LogP contribution in [-0.4, -0.2) is 12.1 Å². The number of benzene rings is 2. The van der Waals surface area contributed by atoms with Crippen LogP contribution in [0.2, 0.25) is 0 Å². The first-order valence-electron chi connectivity index (χ1n) is 8.97. The first-order chi connectivity index (χ1) is 11.7. The lowest BCUT2D eigenvalue weighted by Gasteiger charge is -2.12. The fraction of sp³-hybridized carbons (Fsp3) is 0.409. The minimum Gasteiger partial charge on any atom is -0.463 e. The predicted octanol–water partition coefficient (Wildman–Crippen LogP) is 5.80. The van der Waals surface area contributed by atoms with Crippen LogP contribution < -0.4 is 0 Å². The van der Waals surface area contributed by atoms with E-state index in [4.69, 9.17) is 4.74 Å². The third-order valence-corrected chi connectivity index (χ3v) is 4.28. The van der Waals surface area contributed by atoms with Gasteiger partial charge in [0.1, 0.15) is 0 Å². The van der Waals surface area contributed by atoms with Crippen molar-refractivity contribution < 1.29 is 9.53 Å². The molecule has 2 aromatic carbocycles. The summed E-state index contributed by atoms with van der Waals surface area (Å²) >= 11 is 0. The van der Waals surface area contributed by atoms with E-state index in [0.717, 1.165) is 19.3 Å². The monoisotopic (exact) mass is 324 g/mol. The molecule has 2 rings (SSSR count). The number of aryl methyl sites for hydroxylation is 1. The minimum absolute atomic E-state index is 0.0429. The second-order valence-corrected chi connectivity index (χ2v) is 6.40. The van der Waals surface area contributed by atoms with Gasteiger partial charge in [-0.25, -0.2) is 0 Å². The number of esters is 1. The van der Waals surface area contributed by atoms with Crippen molar-refractivity contribution in [1.82, 2.24) is 0 Å². The van der Waals surface area contributed by atoms with Crippen molar-refractivity contribution in [2.45, 2.75) is 58.5 Å².